The third-order valence-electron chi connectivity index (χ3n) is 3.36. The lowest BCUT2D eigenvalue weighted by Gasteiger charge is -2.12. The molecule has 3 nitrogen and oxygen atoms in total. The van der Waals surface area contributed by atoms with Crippen LogP contribution >= 0.6 is 57.7 Å². The van der Waals surface area contributed by atoms with Gasteiger partial charge in [0.1, 0.15) is 4.90 Å². The van der Waals surface area contributed by atoms with Gasteiger partial charge in [0.2, 0.25) is 0 Å². The number of halogens is 4. The second kappa shape index (κ2) is 7.35. The Hall–Kier alpha value is -0.950. The quantitative estimate of drug-likeness (QED) is 0.441. The molecule has 0 fully saturated rings. The molecular formula is C16H9Cl4NO2S2. The summed E-state index contributed by atoms with van der Waals surface area (Å²) in [5, 5.41) is 4.06. The Kier molecular flexibility index (Phi) is 5.54. The average molecular weight is 453 g/mol. The van der Waals surface area contributed by atoms with Crippen molar-refractivity contribution in [3.63, 3.8) is 0 Å². The van der Waals surface area contributed by atoms with E-state index in [0.29, 0.717) is 16.3 Å². The van der Waals surface area contributed by atoms with Gasteiger partial charge in [-0.25, -0.2) is 8.42 Å². The van der Waals surface area contributed by atoms with Crippen molar-refractivity contribution in [2.75, 3.05) is 4.72 Å². The molecule has 0 amide bonds. The van der Waals surface area contributed by atoms with Gasteiger partial charge in [-0.15, -0.1) is 11.3 Å². The van der Waals surface area contributed by atoms with Gasteiger partial charge in [0.05, 0.1) is 20.8 Å². The molecule has 9 heteroatoms. The molecule has 0 unspecified atom stereocenters. The maximum Gasteiger partial charge on any atom is 0.263 e. The molecule has 3 rings (SSSR count). The summed E-state index contributed by atoms with van der Waals surface area (Å²) in [6, 6.07) is 9.87. The first-order chi connectivity index (χ1) is 11.8. The Morgan fingerprint density at radius 1 is 0.800 bits per heavy atom. The van der Waals surface area contributed by atoms with Crippen molar-refractivity contribution in [1.29, 1.82) is 0 Å². The van der Waals surface area contributed by atoms with Crippen molar-refractivity contribution in [3.05, 3.63) is 67.2 Å². The zero-order valence-electron chi connectivity index (χ0n) is 12.3. The van der Waals surface area contributed by atoms with Crippen LogP contribution in [0.2, 0.25) is 20.1 Å². The summed E-state index contributed by atoms with van der Waals surface area (Å²) in [6.07, 6.45) is 0. The minimum Gasteiger partial charge on any atom is -0.278 e. The first-order valence-corrected chi connectivity index (χ1v) is 10.7. The van der Waals surface area contributed by atoms with Gasteiger partial charge in [0, 0.05) is 26.9 Å². The molecule has 130 valence electrons. The van der Waals surface area contributed by atoms with Crippen LogP contribution in [0.15, 0.2) is 52.1 Å². The highest BCUT2D eigenvalue weighted by molar-refractivity contribution is 7.92. The summed E-state index contributed by atoms with van der Waals surface area (Å²) < 4.78 is 28.0. The molecule has 0 spiro atoms. The van der Waals surface area contributed by atoms with Crippen LogP contribution in [-0.2, 0) is 10.0 Å². The molecule has 25 heavy (non-hydrogen) atoms. The van der Waals surface area contributed by atoms with Crippen molar-refractivity contribution < 1.29 is 8.42 Å². The number of benzene rings is 2. The molecule has 0 bridgehead atoms. The SMILES string of the molecule is O=S(=O)(Nc1cscc1-c1ccccc1Cl)c1ccc(Cl)c(Cl)c1Cl. The smallest absolute Gasteiger partial charge is 0.263 e. The highest BCUT2D eigenvalue weighted by Gasteiger charge is 2.23. The maximum atomic E-state index is 12.7. The molecule has 1 N–H and O–H groups in total. The molecule has 0 saturated heterocycles. The number of hydrogen-bond donors (Lipinski definition) is 1. The van der Waals surface area contributed by atoms with E-state index in [4.69, 9.17) is 46.4 Å². The van der Waals surface area contributed by atoms with Crippen LogP contribution in [0.4, 0.5) is 5.69 Å². The molecule has 0 aliphatic rings. The van der Waals surface area contributed by atoms with Crippen molar-refractivity contribution in [2.24, 2.45) is 0 Å². The second-order valence-electron chi connectivity index (χ2n) is 4.96. The highest BCUT2D eigenvalue weighted by Crippen LogP contribution is 2.39. The Morgan fingerprint density at radius 2 is 1.52 bits per heavy atom. The van der Waals surface area contributed by atoms with Gasteiger partial charge in [0.25, 0.3) is 10.0 Å². The fourth-order valence-corrected chi connectivity index (χ4v) is 5.32. The fraction of sp³-hybridized carbons (Fsp3) is 0. The minimum absolute atomic E-state index is 0.0112. The first-order valence-electron chi connectivity index (χ1n) is 6.78. The zero-order chi connectivity index (χ0) is 18.2. The molecule has 1 heterocycles. The first kappa shape index (κ1) is 18.8. The summed E-state index contributed by atoms with van der Waals surface area (Å²) in [4.78, 5) is -0.153. The number of anilines is 1. The van der Waals surface area contributed by atoms with Crippen molar-refractivity contribution in [1.82, 2.24) is 0 Å². The topological polar surface area (TPSA) is 46.2 Å². The van der Waals surface area contributed by atoms with Crippen LogP contribution in [0.25, 0.3) is 11.1 Å². The normalized spacial score (nSPS) is 11.5. The number of thiophene rings is 1. The fourth-order valence-electron chi connectivity index (χ4n) is 2.18. The predicted molar refractivity (Wildman–Crippen MR) is 107 cm³/mol. The van der Waals surface area contributed by atoms with Crippen molar-refractivity contribution >= 4 is 73.5 Å². The van der Waals surface area contributed by atoms with Crippen LogP contribution in [0, 0.1) is 0 Å². The van der Waals surface area contributed by atoms with E-state index in [0.717, 1.165) is 5.56 Å². The lowest BCUT2D eigenvalue weighted by molar-refractivity contribution is 0.601. The van der Waals surface area contributed by atoms with E-state index in [1.807, 2.05) is 17.5 Å². The average Bonchev–Trinajstić information content (AvgIpc) is 3.00. The van der Waals surface area contributed by atoms with Gasteiger partial charge in [-0.05, 0) is 18.2 Å². The summed E-state index contributed by atoms with van der Waals surface area (Å²) in [6.45, 7) is 0. The molecule has 0 atom stereocenters. The van der Waals surface area contributed by atoms with Crippen molar-refractivity contribution in [2.45, 2.75) is 4.90 Å². The zero-order valence-corrected chi connectivity index (χ0v) is 16.9. The van der Waals surface area contributed by atoms with E-state index in [9.17, 15) is 8.42 Å². The highest BCUT2D eigenvalue weighted by atomic mass is 35.5. The lowest BCUT2D eigenvalue weighted by Crippen LogP contribution is -2.13. The molecule has 0 saturated carbocycles. The second-order valence-corrected chi connectivity index (χ2v) is 8.92. The van der Waals surface area contributed by atoms with E-state index >= 15 is 0 Å². The Balaban J connectivity index is 2.03. The van der Waals surface area contributed by atoms with Crippen LogP contribution < -0.4 is 4.72 Å². The van der Waals surface area contributed by atoms with Gasteiger partial charge < -0.3 is 0 Å². The molecule has 2 aromatic carbocycles. The maximum absolute atomic E-state index is 12.7. The van der Waals surface area contributed by atoms with Crippen LogP contribution in [0.1, 0.15) is 0 Å². The van der Waals surface area contributed by atoms with Gasteiger partial charge in [-0.3, -0.25) is 4.72 Å². The molecule has 0 aliphatic heterocycles. The van der Waals surface area contributed by atoms with Crippen LogP contribution in [0.5, 0.6) is 0 Å². The number of hydrogen-bond acceptors (Lipinski definition) is 3. The molecule has 0 aliphatic carbocycles. The number of nitrogens with one attached hydrogen (secondary N) is 1. The molecule has 0 radical (unpaired) electrons. The third kappa shape index (κ3) is 3.77. The molecule has 1 aromatic heterocycles. The van der Waals surface area contributed by atoms with Gasteiger partial charge in [-0.2, -0.15) is 0 Å². The largest absolute Gasteiger partial charge is 0.278 e. The van der Waals surface area contributed by atoms with Gasteiger partial charge >= 0.3 is 0 Å². The van der Waals surface area contributed by atoms with E-state index < -0.39 is 10.0 Å². The molecule has 3 aromatic rings. The van der Waals surface area contributed by atoms with E-state index in [-0.39, 0.29) is 20.0 Å². The minimum atomic E-state index is -3.96. The summed E-state index contributed by atoms with van der Waals surface area (Å²) in [5.74, 6) is 0. The standard InChI is InChI=1S/C16H9Cl4NO2S2/c17-11-4-2-1-3-9(11)10-7-24-8-13(10)21-25(22,23)14-6-5-12(18)15(19)16(14)20/h1-8,21H. The van der Waals surface area contributed by atoms with Gasteiger partial charge in [-0.1, -0.05) is 64.6 Å². The Morgan fingerprint density at radius 3 is 2.24 bits per heavy atom. The van der Waals surface area contributed by atoms with E-state index in [1.165, 1.54) is 23.5 Å². The van der Waals surface area contributed by atoms with E-state index in [1.54, 1.807) is 17.5 Å². The monoisotopic (exact) mass is 451 g/mol. The lowest BCUT2D eigenvalue weighted by atomic mass is 10.1. The Labute approximate surface area is 169 Å². The van der Waals surface area contributed by atoms with Gasteiger partial charge in [0.15, 0.2) is 0 Å². The summed E-state index contributed by atoms with van der Waals surface area (Å²) in [5.41, 5.74) is 1.80. The number of rotatable bonds is 4. The molecular weight excluding hydrogens is 444 g/mol. The summed E-state index contributed by atoms with van der Waals surface area (Å²) in [7, 11) is -3.96. The predicted octanol–water partition coefficient (Wildman–Crippen LogP) is 6.83. The number of sulfonamides is 1. The van der Waals surface area contributed by atoms with Crippen molar-refractivity contribution in [3.8, 4) is 11.1 Å². The van der Waals surface area contributed by atoms with Crippen LogP contribution in [-0.4, -0.2) is 8.42 Å². The van der Waals surface area contributed by atoms with E-state index in [2.05, 4.69) is 4.72 Å². The third-order valence-corrected chi connectivity index (χ3v) is 7.25. The summed E-state index contributed by atoms with van der Waals surface area (Å²) >= 11 is 25.4. The Bertz CT molecular complexity index is 1050. The van der Waals surface area contributed by atoms with Crippen LogP contribution in [0.3, 0.4) is 0 Å².